The molecule has 0 saturated heterocycles. The van der Waals surface area contributed by atoms with Crippen molar-refractivity contribution in [2.75, 3.05) is 26.1 Å². The molecule has 0 aliphatic heterocycles. The quantitative estimate of drug-likeness (QED) is 0.396. The van der Waals surface area contributed by atoms with Crippen LogP contribution in [-0.4, -0.2) is 41.5 Å². The Morgan fingerprint density at radius 1 is 1.03 bits per heavy atom. The number of ether oxygens (including phenoxy) is 3. The molecule has 0 unspecified atom stereocenters. The molecule has 2 aromatic carbocycles. The fourth-order valence-corrected chi connectivity index (χ4v) is 4.04. The first-order valence-corrected chi connectivity index (χ1v) is 11.2. The highest BCUT2D eigenvalue weighted by Gasteiger charge is 2.17. The number of methoxy groups -OCH3 is 2. The average molecular weight is 465 g/mol. The first-order chi connectivity index (χ1) is 16.0. The number of hydrogen-bond donors (Lipinski definition) is 1. The highest BCUT2D eigenvalue weighted by Crippen LogP contribution is 2.28. The highest BCUT2D eigenvalue weighted by molar-refractivity contribution is 7.12. The zero-order chi connectivity index (χ0) is 23.4. The normalized spacial score (nSPS) is 10.7. The van der Waals surface area contributed by atoms with Gasteiger partial charge < -0.3 is 19.5 Å². The molecule has 4 rings (SSSR count). The lowest BCUT2D eigenvalue weighted by Crippen LogP contribution is -2.15. The second-order valence-corrected chi connectivity index (χ2v) is 7.95. The smallest absolute Gasteiger partial charge is 0.257 e. The summed E-state index contributed by atoms with van der Waals surface area (Å²) in [6.07, 6.45) is 0. The lowest BCUT2D eigenvalue weighted by atomic mass is 10.2. The van der Waals surface area contributed by atoms with Crippen molar-refractivity contribution in [1.82, 2.24) is 14.8 Å². The van der Waals surface area contributed by atoms with Gasteiger partial charge in [-0.05, 0) is 50.2 Å². The average Bonchev–Trinajstić information content (AvgIpc) is 3.46. The molecule has 0 aliphatic carbocycles. The molecule has 9 heteroatoms. The molecule has 0 saturated carbocycles. The summed E-state index contributed by atoms with van der Waals surface area (Å²) in [7, 11) is 3.08. The third-order valence-electron chi connectivity index (χ3n) is 4.82. The number of hydrogen-bond acceptors (Lipinski definition) is 7. The number of nitrogens with one attached hydrogen (secondary N) is 1. The van der Waals surface area contributed by atoms with Crippen LogP contribution >= 0.6 is 11.3 Å². The Hall–Kier alpha value is -3.85. The molecule has 170 valence electrons. The molecule has 0 spiro atoms. The molecule has 0 fully saturated rings. The Bertz CT molecular complexity index is 1240. The van der Waals surface area contributed by atoms with Gasteiger partial charge >= 0.3 is 0 Å². The zero-order valence-electron chi connectivity index (χ0n) is 18.8. The van der Waals surface area contributed by atoms with Crippen molar-refractivity contribution in [3.63, 3.8) is 0 Å². The second kappa shape index (κ2) is 9.74. The fraction of sp³-hybridized carbons (Fsp3) is 0.208. The molecule has 0 bridgehead atoms. The Labute approximate surface area is 195 Å². The summed E-state index contributed by atoms with van der Waals surface area (Å²) in [5.41, 5.74) is 2.96. The first-order valence-electron chi connectivity index (χ1n) is 10.3. The van der Waals surface area contributed by atoms with Crippen molar-refractivity contribution in [3.8, 4) is 33.6 Å². The van der Waals surface area contributed by atoms with E-state index in [1.807, 2.05) is 43.5 Å². The molecule has 2 aromatic heterocycles. The number of aryl methyl sites for hydroxylation is 1. The number of amides is 1. The third kappa shape index (κ3) is 4.98. The van der Waals surface area contributed by atoms with Crippen LogP contribution in [0.15, 0.2) is 53.9 Å². The van der Waals surface area contributed by atoms with Crippen LogP contribution in [0.2, 0.25) is 0 Å². The van der Waals surface area contributed by atoms with Crippen LogP contribution in [-0.2, 0) is 0 Å². The summed E-state index contributed by atoms with van der Waals surface area (Å²) < 4.78 is 17.7. The van der Waals surface area contributed by atoms with Crippen molar-refractivity contribution in [1.29, 1.82) is 0 Å². The molecular formula is C24H24N4O4S. The SMILES string of the molecule is CCOc1ccc(-c2csc(-n3nc(C)cc3NC(=O)c3cc(OC)cc(OC)c3)n2)cc1. The number of aromatic nitrogens is 3. The minimum Gasteiger partial charge on any atom is -0.497 e. The van der Waals surface area contributed by atoms with E-state index in [2.05, 4.69) is 10.4 Å². The van der Waals surface area contributed by atoms with Crippen LogP contribution in [0.25, 0.3) is 16.4 Å². The summed E-state index contributed by atoms with van der Waals surface area (Å²) in [6.45, 7) is 4.44. The van der Waals surface area contributed by atoms with E-state index in [4.69, 9.17) is 19.2 Å². The minimum atomic E-state index is -0.309. The van der Waals surface area contributed by atoms with Crippen molar-refractivity contribution < 1.29 is 19.0 Å². The fourth-order valence-electron chi connectivity index (χ4n) is 3.24. The van der Waals surface area contributed by atoms with E-state index in [1.165, 1.54) is 11.3 Å². The van der Waals surface area contributed by atoms with Gasteiger partial charge in [0.2, 0.25) is 5.13 Å². The number of thiazole rings is 1. The van der Waals surface area contributed by atoms with Crippen LogP contribution in [0.4, 0.5) is 5.82 Å². The molecule has 0 radical (unpaired) electrons. The summed E-state index contributed by atoms with van der Waals surface area (Å²) in [4.78, 5) is 17.7. The van der Waals surface area contributed by atoms with E-state index >= 15 is 0 Å². The van der Waals surface area contributed by atoms with Gasteiger partial charge in [-0.1, -0.05) is 0 Å². The van der Waals surface area contributed by atoms with Crippen LogP contribution in [0, 0.1) is 6.92 Å². The summed E-state index contributed by atoms with van der Waals surface area (Å²) >= 11 is 1.44. The van der Waals surface area contributed by atoms with E-state index in [-0.39, 0.29) is 5.91 Å². The van der Waals surface area contributed by atoms with Crippen LogP contribution in [0.3, 0.4) is 0 Å². The van der Waals surface area contributed by atoms with E-state index in [1.54, 1.807) is 43.2 Å². The largest absolute Gasteiger partial charge is 0.497 e. The number of nitrogens with zero attached hydrogens (tertiary/aromatic N) is 3. The molecule has 0 atom stereocenters. The van der Waals surface area contributed by atoms with Gasteiger partial charge in [0.05, 0.1) is 32.2 Å². The molecule has 33 heavy (non-hydrogen) atoms. The summed E-state index contributed by atoms with van der Waals surface area (Å²) in [6, 6.07) is 14.6. The van der Waals surface area contributed by atoms with Crippen molar-refractivity contribution in [3.05, 3.63) is 65.2 Å². The predicted octanol–water partition coefficient (Wildman–Crippen LogP) is 4.97. The molecule has 1 N–H and O–H groups in total. The predicted molar refractivity (Wildman–Crippen MR) is 128 cm³/mol. The number of carbonyl (C=O) groups excluding carboxylic acids is 1. The van der Waals surface area contributed by atoms with Gasteiger partial charge in [0.25, 0.3) is 5.91 Å². The number of benzene rings is 2. The highest BCUT2D eigenvalue weighted by atomic mass is 32.1. The molecular weight excluding hydrogens is 440 g/mol. The second-order valence-electron chi connectivity index (χ2n) is 7.11. The van der Waals surface area contributed by atoms with Gasteiger partial charge in [0.1, 0.15) is 23.1 Å². The lowest BCUT2D eigenvalue weighted by Gasteiger charge is -2.10. The Kier molecular flexibility index (Phi) is 6.60. The van der Waals surface area contributed by atoms with Gasteiger partial charge in [0, 0.05) is 28.6 Å². The van der Waals surface area contributed by atoms with Crippen LogP contribution in [0.1, 0.15) is 23.0 Å². The Morgan fingerprint density at radius 3 is 2.36 bits per heavy atom. The van der Waals surface area contributed by atoms with Crippen LogP contribution in [0.5, 0.6) is 17.2 Å². The monoisotopic (exact) mass is 464 g/mol. The molecule has 0 aliphatic rings. The van der Waals surface area contributed by atoms with E-state index in [0.29, 0.717) is 34.6 Å². The van der Waals surface area contributed by atoms with Crippen molar-refractivity contribution >= 4 is 23.1 Å². The number of anilines is 1. The van der Waals surface area contributed by atoms with E-state index in [0.717, 1.165) is 22.7 Å². The molecule has 2 heterocycles. The van der Waals surface area contributed by atoms with Crippen molar-refractivity contribution in [2.24, 2.45) is 0 Å². The topological polar surface area (TPSA) is 87.5 Å². The summed E-state index contributed by atoms with van der Waals surface area (Å²) in [5.74, 6) is 2.09. The lowest BCUT2D eigenvalue weighted by molar-refractivity contribution is 0.102. The standard InChI is InChI=1S/C24H24N4O4S/c1-5-32-18-8-6-16(7-9-18)21-14-33-24(25-21)28-22(10-15(2)27-28)26-23(29)17-11-19(30-3)13-20(12-17)31-4/h6-14H,5H2,1-4H3,(H,26,29). The Balaban J connectivity index is 1.59. The van der Waals surface area contributed by atoms with E-state index in [9.17, 15) is 4.79 Å². The maximum atomic E-state index is 13.0. The maximum Gasteiger partial charge on any atom is 0.257 e. The third-order valence-corrected chi connectivity index (χ3v) is 5.64. The molecule has 8 nitrogen and oxygen atoms in total. The van der Waals surface area contributed by atoms with E-state index < -0.39 is 0 Å². The Morgan fingerprint density at radius 2 is 1.73 bits per heavy atom. The van der Waals surface area contributed by atoms with Crippen LogP contribution < -0.4 is 19.5 Å². The van der Waals surface area contributed by atoms with Gasteiger partial charge in [-0.15, -0.1) is 11.3 Å². The zero-order valence-corrected chi connectivity index (χ0v) is 19.6. The van der Waals surface area contributed by atoms with Gasteiger partial charge in [0.15, 0.2) is 0 Å². The minimum absolute atomic E-state index is 0.309. The van der Waals surface area contributed by atoms with Gasteiger partial charge in [-0.3, -0.25) is 4.79 Å². The summed E-state index contributed by atoms with van der Waals surface area (Å²) in [5, 5.41) is 10.0. The number of rotatable bonds is 8. The molecule has 4 aromatic rings. The number of carbonyl (C=O) groups is 1. The first kappa shape index (κ1) is 22.3. The molecule has 1 amide bonds. The maximum absolute atomic E-state index is 13.0. The van der Waals surface area contributed by atoms with Gasteiger partial charge in [-0.25, -0.2) is 4.98 Å². The van der Waals surface area contributed by atoms with Gasteiger partial charge in [-0.2, -0.15) is 9.78 Å². The van der Waals surface area contributed by atoms with Crippen molar-refractivity contribution in [2.45, 2.75) is 13.8 Å².